The first-order valence-electron chi connectivity index (χ1n) is 14.5. The smallest absolute Gasteiger partial charge is 0.408 e. The summed E-state index contributed by atoms with van der Waals surface area (Å²) in [4.78, 5) is 50.6. The van der Waals surface area contributed by atoms with E-state index in [1.54, 1.807) is 18.2 Å². The minimum atomic E-state index is -0.991. The molecule has 0 aliphatic carbocycles. The highest BCUT2D eigenvalue weighted by Crippen LogP contribution is 2.46. The zero-order chi connectivity index (χ0) is 30.9. The Balaban J connectivity index is 1.87. The van der Waals surface area contributed by atoms with Gasteiger partial charge in [-0.1, -0.05) is 63.6 Å². The summed E-state index contributed by atoms with van der Waals surface area (Å²) in [6.45, 7) is 8.33. The Bertz CT molecular complexity index is 1230. The van der Waals surface area contributed by atoms with E-state index in [1.807, 2.05) is 45.9 Å². The highest BCUT2D eigenvalue weighted by Gasteiger charge is 2.42. The third kappa shape index (κ3) is 8.31. The van der Waals surface area contributed by atoms with Crippen LogP contribution in [0.15, 0.2) is 48.5 Å². The molecule has 10 heteroatoms. The lowest BCUT2D eigenvalue weighted by molar-refractivity contribution is -0.127. The van der Waals surface area contributed by atoms with Gasteiger partial charge in [0.1, 0.15) is 24.2 Å². The molecule has 1 aliphatic heterocycles. The number of carbonyl (C=O) groups is 4. The maximum absolute atomic E-state index is 13.9. The van der Waals surface area contributed by atoms with E-state index in [1.165, 1.54) is 12.1 Å². The Morgan fingerprint density at radius 3 is 2.38 bits per heavy atom. The van der Waals surface area contributed by atoms with Crippen LogP contribution in [0.2, 0.25) is 5.02 Å². The molecule has 1 saturated heterocycles. The van der Waals surface area contributed by atoms with Crippen LogP contribution in [0.1, 0.15) is 77.0 Å². The van der Waals surface area contributed by atoms with Gasteiger partial charge in [0.15, 0.2) is 0 Å². The fourth-order valence-electron chi connectivity index (χ4n) is 5.71. The number of hydrogen-bond donors (Lipinski definition) is 3. The number of carbonyl (C=O) groups excluding carboxylic acids is 4. The van der Waals surface area contributed by atoms with Crippen molar-refractivity contribution in [1.29, 1.82) is 0 Å². The van der Waals surface area contributed by atoms with Crippen LogP contribution >= 0.6 is 11.6 Å². The number of rotatable bonds is 14. The Kier molecular flexibility index (Phi) is 11.9. The molecule has 0 aromatic heterocycles. The van der Waals surface area contributed by atoms with Crippen LogP contribution < -0.4 is 16.0 Å². The zero-order valence-corrected chi connectivity index (χ0v) is 25.4. The molecule has 42 heavy (non-hydrogen) atoms. The van der Waals surface area contributed by atoms with E-state index in [0.717, 1.165) is 5.56 Å². The van der Waals surface area contributed by atoms with Gasteiger partial charge in [0, 0.05) is 22.9 Å². The van der Waals surface area contributed by atoms with Gasteiger partial charge >= 0.3 is 6.09 Å². The summed E-state index contributed by atoms with van der Waals surface area (Å²) in [5.74, 6) is -1.43. The fourth-order valence-corrected chi connectivity index (χ4v) is 5.90. The molecule has 3 amide bonds. The van der Waals surface area contributed by atoms with Crippen molar-refractivity contribution in [3.05, 3.63) is 70.5 Å². The topological polar surface area (TPSA) is 114 Å². The molecular formula is C32H41ClFN3O5. The summed E-state index contributed by atoms with van der Waals surface area (Å²) >= 11 is 6.35. The molecule has 228 valence electrons. The summed E-state index contributed by atoms with van der Waals surface area (Å²) in [5, 5.41) is 8.66. The van der Waals surface area contributed by atoms with Crippen molar-refractivity contribution >= 4 is 35.8 Å². The molecular weight excluding hydrogens is 561 g/mol. The molecule has 2 aromatic rings. The molecule has 4 atom stereocenters. The average Bonchev–Trinajstić information content (AvgIpc) is 3.36. The van der Waals surface area contributed by atoms with Gasteiger partial charge in [-0.2, -0.15) is 0 Å². The molecule has 1 heterocycles. The van der Waals surface area contributed by atoms with E-state index in [0.29, 0.717) is 49.1 Å². The van der Waals surface area contributed by atoms with E-state index in [-0.39, 0.29) is 24.2 Å². The van der Waals surface area contributed by atoms with Crippen molar-refractivity contribution in [2.24, 2.45) is 11.8 Å². The van der Waals surface area contributed by atoms with Gasteiger partial charge in [-0.3, -0.25) is 9.59 Å². The predicted octanol–water partition coefficient (Wildman–Crippen LogP) is 5.63. The largest absolute Gasteiger partial charge is 0.440 e. The van der Waals surface area contributed by atoms with E-state index in [9.17, 15) is 23.6 Å². The standard InChI is InChI=1S/C32H41ClFN3O5/c1-5-32(6-2,23-8-7-9-24(33)18-23)28(21-10-12-25(34)13-11-21)42-31(41)37-27(16-20(3)4)30(40)36-26(19-38)17-22-14-15-35-29(22)39/h7-13,18-20,22,26-28H,5-6,14-17H2,1-4H3,(H,35,39)(H,36,40)(H,37,41). The maximum atomic E-state index is 13.9. The quantitative estimate of drug-likeness (QED) is 0.243. The lowest BCUT2D eigenvalue weighted by Gasteiger charge is -2.40. The Morgan fingerprint density at radius 2 is 1.83 bits per heavy atom. The van der Waals surface area contributed by atoms with E-state index < -0.39 is 41.4 Å². The minimum Gasteiger partial charge on any atom is -0.440 e. The van der Waals surface area contributed by atoms with E-state index in [4.69, 9.17) is 16.3 Å². The fraction of sp³-hybridized carbons (Fsp3) is 0.500. The number of amides is 3. The third-order valence-corrected chi connectivity index (χ3v) is 8.30. The van der Waals surface area contributed by atoms with Crippen molar-refractivity contribution in [2.45, 2.75) is 83.4 Å². The number of alkyl carbamates (subject to hydrolysis) is 1. The second kappa shape index (κ2) is 15.1. The minimum absolute atomic E-state index is 0.0288. The predicted molar refractivity (Wildman–Crippen MR) is 159 cm³/mol. The summed E-state index contributed by atoms with van der Waals surface area (Å²) in [6.07, 6.45) is 1.16. The maximum Gasteiger partial charge on any atom is 0.408 e. The lowest BCUT2D eigenvalue weighted by atomic mass is 9.69. The molecule has 1 aliphatic rings. The van der Waals surface area contributed by atoms with Crippen molar-refractivity contribution in [2.75, 3.05) is 6.54 Å². The second-order valence-electron chi connectivity index (χ2n) is 11.3. The Hall–Kier alpha value is -3.46. The van der Waals surface area contributed by atoms with Gasteiger partial charge in [0.25, 0.3) is 0 Å². The Labute approximate surface area is 252 Å². The number of benzene rings is 2. The molecule has 4 unspecified atom stereocenters. The molecule has 0 saturated carbocycles. The number of halogens is 2. The summed E-state index contributed by atoms with van der Waals surface area (Å²) in [6, 6.07) is 11.3. The third-order valence-electron chi connectivity index (χ3n) is 8.07. The molecule has 3 N–H and O–H groups in total. The van der Waals surface area contributed by atoms with Gasteiger partial charge < -0.3 is 25.5 Å². The first kappa shape index (κ1) is 33.0. The van der Waals surface area contributed by atoms with Gasteiger partial charge in [-0.25, -0.2) is 9.18 Å². The van der Waals surface area contributed by atoms with Gasteiger partial charge in [-0.05, 0) is 73.4 Å². The lowest BCUT2D eigenvalue weighted by Crippen LogP contribution is -2.51. The van der Waals surface area contributed by atoms with Crippen LogP contribution in [0.4, 0.5) is 9.18 Å². The van der Waals surface area contributed by atoms with Crippen LogP contribution in [-0.2, 0) is 24.5 Å². The number of aldehydes is 1. The van der Waals surface area contributed by atoms with Gasteiger partial charge in [0.2, 0.25) is 11.8 Å². The molecule has 2 aromatic carbocycles. The molecule has 3 rings (SSSR count). The van der Waals surface area contributed by atoms with Gasteiger partial charge in [0.05, 0.1) is 6.04 Å². The molecule has 1 fully saturated rings. The van der Waals surface area contributed by atoms with Crippen molar-refractivity contribution in [1.82, 2.24) is 16.0 Å². The van der Waals surface area contributed by atoms with Crippen molar-refractivity contribution in [3.63, 3.8) is 0 Å². The Morgan fingerprint density at radius 1 is 1.14 bits per heavy atom. The van der Waals surface area contributed by atoms with Crippen molar-refractivity contribution < 1.29 is 28.3 Å². The van der Waals surface area contributed by atoms with Gasteiger partial charge in [-0.15, -0.1) is 0 Å². The first-order valence-corrected chi connectivity index (χ1v) is 14.9. The monoisotopic (exact) mass is 601 g/mol. The second-order valence-corrected chi connectivity index (χ2v) is 11.7. The van der Waals surface area contributed by atoms with Crippen LogP contribution in [0.5, 0.6) is 0 Å². The number of ether oxygens (including phenoxy) is 1. The average molecular weight is 602 g/mol. The molecule has 0 bridgehead atoms. The van der Waals surface area contributed by atoms with Crippen LogP contribution in [0.25, 0.3) is 0 Å². The first-order chi connectivity index (χ1) is 20.0. The molecule has 0 radical (unpaired) electrons. The van der Waals surface area contributed by atoms with Crippen LogP contribution in [-0.4, -0.2) is 42.8 Å². The summed E-state index contributed by atoms with van der Waals surface area (Å²) < 4.78 is 20.0. The molecule has 0 spiro atoms. The highest BCUT2D eigenvalue weighted by molar-refractivity contribution is 6.30. The normalized spacial score (nSPS) is 17.2. The van der Waals surface area contributed by atoms with Crippen molar-refractivity contribution in [3.8, 4) is 0 Å². The summed E-state index contributed by atoms with van der Waals surface area (Å²) in [7, 11) is 0. The molecule has 8 nitrogen and oxygen atoms in total. The van der Waals surface area contributed by atoms with Crippen LogP contribution in [0.3, 0.4) is 0 Å². The van der Waals surface area contributed by atoms with E-state index in [2.05, 4.69) is 16.0 Å². The summed E-state index contributed by atoms with van der Waals surface area (Å²) in [5.41, 5.74) is 0.750. The number of hydrogen-bond acceptors (Lipinski definition) is 5. The zero-order valence-electron chi connectivity index (χ0n) is 24.6. The number of nitrogens with one attached hydrogen (secondary N) is 3. The SMILES string of the molecule is CCC(CC)(c1cccc(Cl)c1)C(OC(=O)NC(CC(C)C)C(=O)NC(C=O)CC1CCNC1=O)c1ccc(F)cc1. The highest BCUT2D eigenvalue weighted by atomic mass is 35.5. The van der Waals surface area contributed by atoms with E-state index >= 15 is 0 Å². The van der Waals surface area contributed by atoms with Crippen LogP contribution in [0, 0.1) is 17.7 Å².